The van der Waals surface area contributed by atoms with E-state index in [1.807, 2.05) is 12.1 Å². The zero-order valence-corrected chi connectivity index (χ0v) is 16.0. The van der Waals surface area contributed by atoms with E-state index in [-0.39, 0.29) is 5.97 Å². The molecule has 26 heavy (non-hydrogen) atoms. The highest BCUT2D eigenvalue weighted by atomic mass is 32.1. The van der Waals surface area contributed by atoms with E-state index in [1.165, 1.54) is 16.9 Å². The van der Waals surface area contributed by atoms with E-state index in [9.17, 15) is 4.79 Å². The number of aromatic nitrogens is 2. The number of ether oxygens (including phenoxy) is 1. The van der Waals surface area contributed by atoms with Crippen LogP contribution >= 0.6 is 22.7 Å². The molecule has 0 saturated carbocycles. The van der Waals surface area contributed by atoms with Gasteiger partial charge < -0.3 is 10.1 Å². The Balaban J connectivity index is 1.61. The number of thiazole rings is 2. The quantitative estimate of drug-likeness (QED) is 0.468. The Bertz CT molecular complexity index is 1100. The molecule has 2 aromatic carbocycles. The summed E-state index contributed by atoms with van der Waals surface area (Å²) < 4.78 is 7.15. The number of fused-ring (bicyclic) bond motifs is 2. The molecule has 4 aromatic rings. The van der Waals surface area contributed by atoms with Crippen LogP contribution in [0.1, 0.15) is 29.8 Å². The second-order valence-corrected chi connectivity index (χ2v) is 7.78. The average molecular weight is 383 g/mol. The fourth-order valence-electron chi connectivity index (χ4n) is 2.65. The van der Waals surface area contributed by atoms with Gasteiger partial charge in [0.15, 0.2) is 10.3 Å². The van der Waals surface area contributed by atoms with E-state index in [0.29, 0.717) is 12.2 Å². The summed E-state index contributed by atoms with van der Waals surface area (Å²) in [5, 5.41) is 4.87. The van der Waals surface area contributed by atoms with E-state index >= 15 is 0 Å². The van der Waals surface area contributed by atoms with Crippen LogP contribution in [0.25, 0.3) is 20.4 Å². The Morgan fingerprint density at radius 3 is 2.31 bits per heavy atom. The van der Waals surface area contributed by atoms with Crippen LogP contribution < -0.4 is 5.32 Å². The Labute approximate surface area is 158 Å². The minimum Gasteiger partial charge on any atom is -0.462 e. The lowest BCUT2D eigenvalue weighted by Gasteiger charge is -2.00. The minimum absolute atomic E-state index is 0.310. The van der Waals surface area contributed by atoms with Crippen molar-refractivity contribution in [1.29, 1.82) is 0 Å². The summed E-state index contributed by atoms with van der Waals surface area (Å²) in [5.41, 5.74) is 3.68. The van der Waals surface area contributed by atoms with E-state index in [1.54, 1.807) is 24.3 Å². The van der Waals surface area contributed by atoms with Gasteiger partial charge in [0.1, 0.15) is 0 Å². The Kier molecular flexibility index (Phi) is 4.57. The Hall–Kier alpha value is -2.51. The van der Waals surface area contributed by atoms with Gasteiger partial charge in [-0.2, -0.15) is 0 Å². The van der Waals surface area contributed by atoms with Crippen LogP contribution in [0.4, 0.5) is 10.3 Å². The lowest BCUT2D eigenvalue weighted by molar-refractivity contribution is 0.0526. The number of carbonyl (C=O) groups excluding carboxylic acids is 1. The number of hydrogen-bond acceptors (Lipinski definition) is 7. The molecule has 0 fully saturated rings. The molecule has 0 atom stereocenters. The van der Waals surface area contributed by atoms with Crippen molar-refractivity contribution in [3.8, 4) is 0 Å². The molecule has 0 bridgehead atoms. The van der Waals surface area contributed by atoms with Crippen LogP contribution in [0.5, 0.6) is 0 Å². The van der Waals surface area contributed by atoms with Crippen LogP contribution in [0.3, 0.4) is 0 Å². The maximum absolute atomic E-state index is 11.9. The number of aryl methyl sites for hydroxylation is 1. The molecule has 0 radical (unpaired) electrons. The number of rotatable bonds is 5. The van der Waals surface area contributed by atoms with Gasteiger partial charge in [0.25, 0.3) is 0 Å². The molecule has 5 nitrogen and oxygen atoms in total. The maximum atomic E-state index is 11.9. The number of nitrogens with zero attached hydrogens (tertiary/aromatic N) is 2. The first-order valence-electron chi connectivity index (χ1n) is 8.40. The molecule has 2 heterocycles. The normalized spacial score (nSPS) is 11.2. The standard InChI is InChI=1S/C19H17N3O2S2/c1-3-11-5-7-13-15(9-11)25-18(20-13)22-19-21-14-8-6-12(10-16(14)26-19)17(23)24-4-2/h5-10H,3-4H2,1-2H3,(H,20,21,22). The Morgan fingerprint density at radius 2 is 1.65 bits per heavy atom. The fraction of sp³-hybridized carbons (Fsp3) is 0.211. The van der Waals surface area contributed by atoms with Crippen LogP contribution in [0.15, 0.2) is 36.4 Å². The molecular weight excluding hydrogens is 366 g/mol. The van der Waals surface area contributed by atoms with Gasteiger partial charge in [0.05, 0.1) is 32.6 Å². The van der Waals surface area contributed by atoms with Crippen molar-refractivity contribution in [3.63, 3.8) is 0 Å². The number of benzene rings is 2. The number of anilines is 2. The van der Waals surface area contributed by atoms with Crippen LogP contribution in [0.2, 0.25) is 0 Å². The topological polar surface area (TPSA) is 64.1 Å². The smallest absolute Gasteiger partial charge is 0.338 e. The molecule has 4 rings (SSSR count). The third-order valence-electron chi connectivity index (χ3n) is 3.97. The second-order valence-electron chi connectivity index (χ2n) is 5.72. The second kappa shape index (κ2) is 7.01. The van der Waals surface area contributed by atoms with E-state index in [2.05, 4.69) is 40.4 Å². The molecule has 0 aliphatic carbocycles. The molecule has 0 saturated heterocycles. The molecule has 0 unspecified atom stereocenters. The zero-order chi connectivity index (χ0) is 18.1. The van der Waals surface area contributed by atoms with Gasteiger partial charge in [0.2, 0.25) is 0 Å². The molecular formula is C19H17N3O2S2. The van der Waals surface area contributed by atoms with Gasteiger partial charge in [-0.15, -0.1) is 0 Å². The highest BCUT2D eigenvalue weighted by Crippen LogP contribution is 2.33. The Morgan fingerprint density at radius 1 is 1.00 bits per heavy atom. The molecule has 2 aromatic heterocycles. The monoisotopic (exact) mass is 383 g/mol. The molecule has 0 aliphatic rings. The summed E-state index contributed by atoms with van der Waals surface area (Å²) in [6, 6.07) is 11.8. The lowest BCUT2D eigenvalue weighted by Crippen LogP contribution is -2.03. The number of carbonyl (C=O) groups is 1. The van der Waals surface area contributed by atoms with Gasteiger partial charge in [-0.1, -0.05) is 35.7 Å². The maximum Gasteiger partial charge on any atom is 0.338 e. The first-order chi connectivity index (χ1) is 12.7. The van der Waals surface area contributed by atoms with Crippen molar-refractivity contribution in [3.05, 3.63) is 47.5 Å². The van der Waals surface area contributed by atoms with Crippen molar-refractivity contribution in [2.45, 2.75) is 20.3 Å². The van der Waals surface area contributed by atoms with Gasteiger partial charge in [-0.3, -0.25) is 0 Å². The van der Waals surface area contributed by atoms with E-state index < -0.39 is 0 Å². The van der Waals surface area contributed by atoms with Gasteiger partial charge in [-0.25, -0.2) is 14.8 Å². The summed E-state index contributed by atoms with van der Waals surface area (Å²) >= 11 is 3.11. The van der Waals surface area contributed by atoms with Crippen LogP contribution in [-0.2, 0) is 11.2 Å². The summed E-state index contributed by atoms with van der Waals surface area (Å²) in [4.78, 5) is 21.1. The van der Waals surface area contributed by atoms with E-state index in [4.69, 9.17) is 4.74 Å². The largest absolute Gasteiger partial charge is 0.462 e. The SMILES string of the molecule is CCOC(=O)c1ccc2nc(Nc3nc4ccc(CC)cc4s3)sc2c1. The molecule has 0 aliphatic heterocycles. The summed E-state index contributed by atoms with van der Waals surface area (Å²) in [7, 11) is 0. The minimum atomic E-state index is -0.310. The summed E-state index contributed by atoms with van der Waals surface area (Å²) in [6.07, 6.45) is 1.01. The van der Waals surface area contributed by atoms with Crippen molar-refractivity contribution in [1.82, 2.24) is 9.97 Å². The highest BCUT2D eigenvalue weighted by molar-refractivity contribution is 7.24. The molecule has 0 amide bonds. The number of hydrogen-bond donors (Lipinski definition) is 1. The van der Waals surface area contributed by atoms with E-state index in [0.717, 1.165) is 37.1 Å². The molecule has 0 spiro atoms. The van der Waals surface area contributed by atoms with Gasteiger partial charge in [-0.05, 0) is 49.2 Å². The summed E-state index contributed by atoms with van der Waals surface area (Å²) in [6.45, 7) is 4.31. The predicted octanol–water partition coefficient (Wildman–Crippen LogP) is 5.39. The van der Waals surface area contributed by atoms with Crippen molar-refractivity contribution >= 4 is 59.3 Å². The predicted molar refractivity (Wildman–Crippen MR) is 108 cm³/mol. The zero-order valence-electron chi connectivity index (χ0n) is 14.4. The van der Waals surface area contributed by atoms with Crippen molar-refractivity contribution < 1.29 is 9.53 Å². The van der Waals surface area contributed by atoms with Gasteiger partial charge >= 0.3 is 5.97 Å². The molecule has 7 heteroatoms. The molecule has 132 valence electrons. The average Bonchev–Trinajstić information content (AvgIpc) is 3.23. The lowest BCUT2D eigenvalue weighted by atomic mass is 10.2. The fourth-order valence-corrected chi connectivity index (χ4v) is 4.55. The third-order valence-corrected chi connectivity index (χ3v) is 5.84. The van der Waals surface area contributed by atoms with Gasteiger partial charge in [0, 0.05) is 0 Å². The van der Waals surface area contributed by atoms with Crippen LogP contribution in [0, 0.1) is 0 Å². The molecule has 1 N–H and O–H groups in total. The van der Waals surface area contributed by atoms with Crippen molar-refractivity contribution in [2.75, 3.05) is 11.9 Å². The number of nitrogens with one attached hydrogen (secondary N) is 1. The first-order valence-corrected chi connectivity index (χ1v) is 10.0. The summed E-state index contributed by atoms with van der Waals surface area (Å²) in [5.74, 6) is -0.310. The third kappa shape index (κ3) is 3.27. The highest BCUT2D eigenvalue weighted by Gasteiger charge is 2.12. The van der Waals surface area contributed by atoms with Crippen LogP contribution in [-0.4, -0.2) is 22.5 Å². The number of esters is 1. The van der Waals surface area contributed by atoms with Crippen molar-refractivity contribution in [2.24, 2.45) is 0 Å². The first kappa shape index (κ1) is 16.9.